The summed E-state index contributed by atoms with van der Waals surface area (Å²) in [6, 6.07) is 9.35. The van der Waals surface area contributed by atoms with E-state index in [2.05, 4.69) is 0 Å². The number of carboxylic acids is 1. The number of aliphatic carboxylic acids is 1. The molecule has 0 aliphatic rings. The maximum atomic E-state index is 14.1. The van der Waals surface area contributed by atoms with Crippen LogP contribution < -0.4 is 0 Å². The van der Waals surface area contributed by atoms with Gasteiger partial charge in [0.1, 0.15) is 5.82 Å². The molecule has 5 heteroatoms. The van der Waals surface area contributed by atoms with E-state index in [1.807, 2.05) is 0 Å². The molecule has 0 aromatic heterocycles. The van der Waals surface area contributed by atoms with E-state index in [9.17, 15) is 9.18 Å². The zero-order valence-electron chi connectivity index (χ0n) is 10.1. The molecule has 0 amide bonds. The van der Waals surface area contributed by atoms with E-state index in [4.69, 9.17) is 28.3 Å². The lowest BCUT2D eigenvalue weighted by Crippen LogP contribution is -1.89. The van der Waals surface area contributed by atoms with Crippen LogP contribution in [0.4, 0.5) is 4.39 Å². The van der Waals surface area contributed by atoms with Crippen molar-refractivity contribution < 1.29 is 14.3 Å². The first kappa shape index (κ1) is 14.6. The largest absolute Gasteiger partial charge is 0.478 e. The van der Waals surface area contributed by atoms with E-state index in [0.717, 1.165) is 6.08 Å². The molecule has 2 nitrogen and oxygen atoms in total. The maximum absolute atomic E-state index is 14.1. The topological polar surface area (TPSA) is 37.3 Å². The van der Waals surface area contributed by atoms with E-state index in [1.54, 1.807) is 24.3 Å². The molecule has 0 heterocycles. The first-order valence-corrected chi connectivity index (χ1v) is 6.39. The van der Waals surface area contributed by atoms with Gasteiger partial charge in [-0.2, -0.15) is 0 Å². The normalized spacial score (nSPS) is 10.9. The second-order valence-corrected chi connectivity index (χ2v) is 4.80. The molecule has 0 atom stereocenters. The number of hydrogen-bond acceptors (Lipinski definition) is 1. The van der Waals surface area contributed by atoms with E-state index < -0.39 is 11.8 Å². The Kier molecular flexibility index (Phi) is 4.42. The summed E-state index contributed by atoms with van der Waals surface area (Å²) >= 11 is 12.0. The van der Waals surface area contributed by atoms with Crippen LogP contribution >= 0.6 is 23.2 Å². The van der Waals surface area contributed by atoms with Crippen molar-refractivity contribution in [2.75, 3.05) is 0 Å². The van der Waals surface area contributed by atoms with Crippen molar-refractivity contribution in [2.45, 2.75) is 0 Å². The van der Waals surface area contributed by atoms with Crippen molar-refractivity contribution in [1.29, 1.82) is 0 Å². The van der Waals surface area contributed by atoms with Gasteiger partial charge in [-0.05, 0) is 23.8 Å². The quantitative estimate of drug-likeness (QED) is 0.819. The maximum Gasteiger partial charge on any atom is 0.328 e. The lowest BCUT2D eigenvalue weighted by molar-refractivity contribution is -0.131. The molecule has 0 bridgehead atoms. The highest BCUT2D eigenvalue weighted by molar-refractivity contribution is 6.43. The highest BCUT2D eigenvalue weighted by Gasteiger charge is 2.11. The summed E-state index contributed by atoms with van der Waals surface area (Å²) in [6.07, 6.45) is 2.26. The molecule has 0 unspecified atom stereocenters. The number of rotatable bonds is 3. The fraction of sp³-hybridized carbons (Fsp3) is 0. The Hall–Kier alpha value is -1.84. The summed E-state index contributed by atoms with van der Waals surface area (Å²) < 4.78 is 14.1. The van der Waals surface area contributed by atoms with Gasteiger partial charge >= 0.3 is 5.97 Å². The summed E-state index contributed by atoms with van der Waals surface area (Å²) in [7, 11) is 0. The molecule has 0 aliphatic heterocycles. The second-order valence-electron chi connectivity index (χ2n) is 4.01. The number of hydrogen-bond donors (Lipinski definition) is 1. The first-order valence-electron chi connectivity index (χ1n) is 5.64. The Labute approximate surface area is 125 Å². The summed E-state index contributed by atoms with van der Waals surface area (Å²) in [5.74, 6) is -1.59. The lowest BCUT2D eigenvalue weighted by atomic mass is 10.0. The minimum atomic E-state index is -1.09. The fourth-order valence-corrected chi connectivity index (χ4v) is 2.14. The molecule has 2 rings (SSSR count). The highest BCUT2D eigenvalue weighted by atomic mass is 35.5. The molecule has 102 valence electrons. The standard InChI is InChI=1S/C15H9Cl2FO2/c16-12-3-1-2-11(15(12)17)10-6-4-9(8-13(10)18)5-7-14(19)20/h1-8H,(H,19,20)/b7-5+. The molecule has 20 heavy (non-hydrogen) atoms. The van der Waals surface area contributed by atoms with Crippen molar-refractivity contribution in [1.82, 2.24) is 0 Å². The van der Waals surface area contributed by atoms with Crippen LogP contribution in [0.5, 0.6) is 0 Å². The number of halogens is 3. The summed E-state index contributed by atoms with van der Waals surface area (Å²) in [4.78, 5) is 10.4. The molecule has 0 spiro atoms. The Morgan fingerprint density at radius 1 is 1.15 bits per heavy atom. The van der Waals surface area contributed by atoms with Gasteiger partial charge in [-0.15, -0.1) is 0 Å². The average molecular weight is 311 g/mol. The molecule has 0 radical (unpaired) electrons. The van der Waals surface area contributed by atoms with Gasteiger partial charge in [0, 0.05) is 17.2 Å². The number of benzene rings is 2. The summed E-state index contributed by atoms with van der Waals surface area (Å²) in [5.41, 5.74) is 1.25. The smallest absolute Gasteiger partial charge is 0.328 e. The van der Waals surface area contributed by atoms with Crippen molar-refractivity contribution >= 4 is 35.2 Å². The van der Waals surface area contributed by atoms with Crippen LogP contribution in [0.2, 0.25) is 10.0 Å². The van der Waals surface area contributed by atoms with Crippen LogP contribution in [0.25, 0.3) is 17.2 Å². The molecular weight excluding hydrogens is 302 g/mol. The monoisotopic (exact) mass is 310 g/mol. The molecular formula is C15H9Cl2FO2. The first-order chi connectivity index (χ1) is 9.49. The van der Waals surface area contributed by atoms with Crippen molar-refractivity contribution in [3.8, 4) is 11.1 Å². The third-order valence-corrected chi connectivity index (χ3v) is 3.47. The Morgan fingerprint density at radius 2 is 1.90 bits per heavy atom. The molecule has 2 aromatic rings. The summed E-state index contributed by atoms with van der Waals surface area (Å²) in [5, 5.41) is 9.16. The van der Waals surface area contributed by atoms with E-state index in [-0.39, 0.29) is 5.02 Å². The lowest BCUT2D eigenvalue weighted by Gasteiger charge is -2.08. The van der Waals surface area contributed by atoms with Gasteiger partial charge in [-0.3, -0.25) is 0 Å². The van der Waals surface area contributed by atoms with Crippen LogP contribution in [0.15, 0.2) is 42.5 Å². The zero-order chi connectivity index (χ0) is 14.7. The van der Waals surface area contributed by atoms with Crippen LogP contribution in [-0.2, 0) is 4.79 Å². The molecule has 0 aliphatic carbocycles. The Bertz CT molecular complexity index is 696. The molecule has 1 N–H and O–H groups in total. The Morgan fingerprint density at radius 3 is 2.55 bits per heavy atom. The van der Waals surface area contributed by atoms with Gasteiger partial charge in [0.05, 0.1) is 10.0 Å². The molecule has 0 fully saturated rings. The Balaban J connectivity index is 2.44. The van der Waals surface area contributed by atoms with Gasteiger partial charge in [0.2, 0.25) is 0 Å². The predicted octanol–water partition coefficient (Wildman–Crippen LogP) is 4.90. The van der Waals surface area contributed by atoms with Gasteiger partial charge < -0.3 is 5.11 Å². The molecule has 0 saturated heterocycles. The SMILES string of the molecule is O=C(O)/C=C/c1ccc(-c2cccc(Cl)c2Cl)c(F)c1. The van der Waals surface area contributed by atoms with Crippen LogP contribution in [0.1, 0.15) is 5.56 Å². The number of carboxylic acid groups (broad SMARTS) is 1. The second kappa shape index (κ2) is 6.07. The van der Waals surface area contributed by atoms with Gasteiger partial charge in [-0.1, -0.05) is 47.5 Å². The van der Waals surface area contributed by atoms with Gasteiger partial charge in [-0.25, -0.2) is 9.18 Å². The minimum absolute atomic E-state index is 0.280. The van der Waals surface area contributed by atoms with Gasteiger partial charge in [0.25, 0.3) is 0 Å². The highest BCUT2D eigenvalue weighted by Crippen LogP contribution is 2.34. The van der Waals surface area contributed by atoms with Crippen molar-refractivity contribution in [3.05, 3.63) is 63.9 Å². The van der Waals surface area contributed by atoms with Crippen LogP contribution in [0.3, 0.4) is 0 Å². The zero-order valence-corrected chi connectivity index (χ0v) is 11.6. The van der Waals surface area contributed by atoms with Crippen LogP contribution in [-0.4, -0.2) is 11.1 Å². The predicted molar refractivity (Wildman–Crippen MR) is 78.5 cm³/mol. The van der Waals surface area contributed by atoms with Crippen LogP contribution in [0, 0.1) is 5.82 Å². The average Bonchev–Trinajstić information content (AvgIpc) is 2.40. The molecule has 2 aromatic carbocycles. The third-order valence-electron chi connectivity index (χ3n) is 2.65. The van der Waals surface area contributed by atoms with E-state index in [1.165, 1.54) is 18.2 Å². The molecule has 0 saturated carbocycles. The van der Waals surface area contributed by atoms with Crippen molar-refractivity contribution in [2.24, 2.45) is 0 Å². The van der Waals surface area contributed by atoms with E-state index >= 15 is 0 Å². The van der Waals surface area contributed by atoms with E-state index in [0.29, 0.717) is 21.7 Å². The van der Waals surface area contributed by atoms with Gasteiger partial charge in [0.15, 0.2) is 0 Å². The third kappa shape index (κ3) is 3.18. The summed E-state index contributed by atoms with van der Waals surface area (Å²) in [6.45, 7) is 0. The van der Waals surface area contributed by atoms with Crippen molar-refractivity contribution in [3.63, 3.8) is 0 Å². The number of carbonyl (C=O) groups is 1. The fourth-order valence-electron chi connectivity index (χ4n) is 1.73. The minimum Gasteiger partial charge on any atom is -0.478 e.